The minimum Gasteiger partial charge on any atom is -0.379 e. The van der Waals surface area contributed by atoms with Crippen molar-refractivity contribution in [1.82, 2.24) is 15.5 Å². The van der Waals surface area contributed by atoms with Crippen molar-refractivity contribution >= 4 is 35.8 Å². The first kappa shape index (κ1) is 23.9. The summed E-state index contributed by atoms with van der Waals surface area (Å²) >= 11 is 0. The Hall–Kier alpha value is -1.39. The number of halogens is 1. The van der Waals surface area contributed by atoms with E-state index in [2.05, 4.69) is 33.8 Å². The lowest BCUT2D eigenvalue weighted by Crippen LogP contribution is -2.41. The van der Waals surface area contributed by atoms with Crippen LogP contribution in [-0.4, -0.2) is 68.9 Å². The maximum absolute atomic E-state index is 12.6. The molecule has 0 aliphatic carbocycles. The van der Waals surface area contributed by atoms with Gasteiger partial charge in [-0.3, -0.25) is 4.79 Å². The predicted octanol–water partition coefficient (Wildman–Crippen LogP) is 1.94. The Morgan fingerprint density at radius 1 is 1.31 bits per heavy atom. The fourth-order valence-electron chi connectivity index (χ4n) is 3.47. The molecule has 1 amide bonds. The third kappa shape index (κ3) is 7.75. The molecule has 1 saturated heterocycles. The van der Waals surface area contributed by atoms with Crippen LogP contribution in [0.25, 0.3) is 0 Å². The second-order valence-corrected chi connectivity index (χ2v) is 7.17. The predicted molar refractivity (Wildman–Crippen MR) is 125 cm³/mol. The lowest BCUT2D eigenvalue weighted by atomic mass is 10.00. The van der Waals surface area contributed by atoms with Crippen LogP contribution >= 0.6 is 24.0 Å². The van der Waals surface area contributed by atoms with Gasteiger partial charge in [-0.25, -0.2) is 4.99 Å². The van der Waals surface area contributed by atoms with Gasteiger partial charge < -0.3 is 25.0 Å². The Morgan fingerprint density at radius 2 is 2.14 bits per heavy atom. The molecular weight excluding hydrogens is 483 g/mol. The molecular formula is C21H33IN4O3. The lowest BCUT2D eigenvalue weighted by Gasteiger charge is -2.28. The number of fused-ring (bicyclic) bond motifs is 1. The molecule has 29 heavy (non-hydrogen) atoms. The van der Waals surface area contributed by atoms with Gasteiger partial charge >= 0.3 is 0 Å². The van der Waals surface area contributed by atoms with E-state index in [9.17, 15) is 4.79 Å². The number of carbonyl (C=O) groups excluding carboxylic acids is 1. The standard InChI is InChI=1S/C21H32N4O3.HI/c1-2-22-21(23-10-5-12-28-19-9-13-27-16-19)24-14-20(26)25-11-8-17-6-3-4-7-18(17)15-25;/h3-4,6-7,19H,2,5,8-16H2,1H3,(H2,22,23,24);1H. The van der Waals surface area contributed by atoms with Crippen LogP contribution < -0.4 is 10.6 Å². The number of rotatable bonds is 8. The van der Waals surface area contributed by atoms with Crippen molar-refractivity contribution in [2.45, 2.75) is 38.8 Å². The minimum absolute atomic E-state index is 0. The fraction of sp³-hybridized carbons (Fsp3) is 0.619. The number of guanidine groups is 1. The van der Waals surface area contributed by atoms with Gasteiger partial charge in [0.1, 0.15) is 6.54 Å². The van der Waals surface area contributed by atoms with Gasteiger partial charge in [-0.05, 0) is 37.3 Å². The van der Waals surface area contributed by atoms with Gasteiger partial charge in [0.15, 0.2) is 5.96 Å². The summed E-state index contributed by atoms with van der Waals surface area (Å²) in [6.07, 6.45) is 3.03. The smallest absolute Gasteiger partial charge is 0.244 e. The van der Waals surface area contributed by atoms with Gasteiger partial charge in [0.05, 0.1) is 12.7 Å². The molecule has 0 spiro atoms. The normalized spacial score (nSPS) is 18.7. The van der Waals surface area contributed by atoms with Crippen LogP contribution in [0.4, 0.5) is 0 Å². The first-order valence-electron chi connectivity index (χ1n) is 10.3. The first-order valence-corrected chi connectivity index (χ1v) is 10.3. The molecule has 1 unspecified atom stereocenters. The minimum atomic E-state index is 0. The van der Waals surface area contributed by atoms with Crippen LogP contribution in [0.15, 0.2) is 29.3 Å². The summed E-state index contributed by atoms with van der Waals surface area (Å²) < 4.78 is 11.1. The number of hydrogen-bond donors (Lipinski definition) is 2. The number of nitrogens with one attached hydrogen (secondary N) is 2. The molecule has 162 valence electrons. The van der Waals surface area contributed by atoms with Crippen molar-refractivity contribution in [2.24, 2.45) is 4.99 Å². The molecule has 0 saturated carbocycles. The molecule has 2 heterocycles. The Labute approximate surface area is 190 Å². The molecule has 1 aromatic rings. The molecule has 2 aliphatic rings. The number of amides is 1. The van der Waals surface area contributed by atoms with Gasteiger partial charge in [0.25, 0.3) is 0 Å². The van der Waals surface area contributed by atoms with Crippen molar-refractivity contribution in [3.05, 3.63) is 35.4 Å². The highest BCUT2D eigenvalue weighted by Gasteiger charge is 2.20. The number of carbonyl (C=O) groups is 1. The molecule has 8 heteroatoms. The number of nitrogens with zero attached hydrogens (tertiary/aromatic N) is 2. The summed E-state index contributed by atoms with van der Waals surface area (Å²) in [5, 5.41) is 6.47. The summed E-state index contributed by atoms with van der Waals surface area (Å²) in [7, 11) is 0. The summed E-state index contributed by atoms with van der Waals surface area (Å²) in [4.78, 5) is 18.9. The van der Waals surface area contributed by atoms with E-state index in [1.54, 1.807) is 0 Å². The molecule has 0 radical (unpaired) electrons. The summed E-state index contributed by atoms with van der Waals surface area (Å²) in [5.74, 6) is 0.744. The van der Waals surface area contributed by atoms with Gasteiger partial charge in [-0.2, -0.15) is 0 Å². The Balaban J connectivity index is 0.00000300. The molecule has 0 aromatic heterocycles. The van der Waals surface area contributed by atoms with Crippen LogP contribution in [0.1, 0.15) is 30.9 Å². The molecule has 1 aromatic carbocycles. The van der Waals surface area contributed by atoms with Crippen LogP contribution in [0.2, 0.25) is 0 Å². The van der Waals surface area contributed by atoms with Gasteiger partial charge in [-0.1, -0.05) is 24.3 Å². The third-order valence-corrected chi connectivity index (χ3v) is 5.06. The summed E-state index contributed by atoms with van der Waals surface area (Å²) in [6, 6.07) is 8.33. The van der Waals surface area contributed by atoms with Crippen LogP contribution in [0.5, 0.6) is 0 Å². The van der Waals surface area contributed by atoms with E-state index in [4.69, 9.17) is 9.47 Å². The molecule has 1 fully saturated rings. The number of hydrogen-bond acceptors (Lipinski definition) is 4. The van der Waals surface area contributed by atoms with Crippen molar-refractivity contribution in [3.8, 4) is 0 Å². The summed E-state index contributed by atoms with van der Waals surface area (Å²) in [5.41, 5.74) is 2.58. The van der Waals surface area contributed by atoms with Crippen LogP contribution in [0.3, 0.4) is 0 Å². The molecule has 7 nitrogen and oxygen atoms in total. The zero-order chi connectivity index (χ0) is 19.6. The fourth-order valence-corrected chi connectivity index (χ4v) is 3.47. The second-order valence-electron chi connectivity index (χ2n) is 7.17. The second kappa shape index (κ2) is 13.0. The monoisotopic (exact) mass is 516 g/mol. The van der Waals surface area contributed by atoms with Crippen molar-refractivity contribution in [1.29, 1.82) is 0 Å². The molecule has 1 atom stereocenters. The van der Waals surface area contributed by atoms with E-state index in [0.29, 0.717) is 25.7 Å². The zero-order valence-electron chi connectivity index (χ0n) is 17.2. The average molecular weight is 516 g/mol. The topological polar surface area (TPSA) is 75.2 Å². The van der Waals surface area contributed by atoms with Crippen LogP contribution in [0, 0.1) is 0 Å². The van der Waals surface area contributed by atoms with Gasteiger partial charge in [0, 0.05) is 39.4 Å². The van der Waals surface area contributed by atoms with Gasteiger partial charge in [-0.15, -0.1) is 24.0 Å². The zero-order valence-corrected chi connectivity index (χ0v) is 19.5. The maximum Gasteiger partial charge on any atom is 0.244 e. The van der Waals surface area contributed by atoms with E-state index in [0.717, 1.165) is 45.5 Å². The lowest BCUT2D eigenvalue weighted by molar-refractivity contribution is -0.130. The number of benzene rings is 1. The van der Waals surface area contributed by atoms with Gasteiger partial charge in [0.2, 0.25) is 5.91 Å². The van der Waals surface area contributed by atoms with Crippen molar-refractivity contribution in [3.63, 3.8) is 0 Å². The van der Waals surface area contributed by atoms with E-state index in [-0.39, 0.29) is 42.5 Å². The largest absolute Gasteiger partial charge is 0.379 e. The van der Waals surface area contributed by atoms with E-state index in [1.165, 1.54) is 11.1 Å². The quantitative estimate of drug-likeness (QED) is 0.239. The van der Waals surface area contributed by atoms with E-state index in [1.807, 2.05) is 17.9 Å². The number of aliphatic imine (C=N–C) groups is 1. The third-order valence-electron chi connectivity index (χ3n) is 5.06. The highest BCUT2D eigenvalue weighted by molar-refractivity contribution is 14.0. The Morgan fingerprint density at radius 3 is 2.90 bits per heavy atom. The van der Waals surface area contributed by atoms with Crippen molar-refractivity contribution in [2.75, 3.05) is 46.0 Å². The average Bonchev–Trinajstić information content (AvgIpc) is 3.24. The molecule has 2 aliphatic heterocycles. The van der Waals surface area contributed by atoms with Crippen molar-refractivity contribution < 1.29 is 14.3 Å². The molecule has 3 rings (SSSR count). The molecule has 2 N–H and O–H groups in total. The first-order chi connectivity index (χ1) is 13.8. The van der Waals surface area contributed by atoms with E-state index < -0.39 is 0 Å². The highest BCUT2D eigenvalue weighted by atomic mass is 127. The highest BCUT2D eigenvalue weighted by Crippen LogP contribution is 2.18. The summed E-state index contributed by atoms with van der Waals surface area (Å²) in [6.45, 7) is 7.34. The Kier molecular flexibility index (Phi) is 10.7. The number of ether oxygens (including phenoxy) is 2. The van der Waals surface area contributed by atoms with Crippen LogP contribution in [-0.2, 0) is 27.2 Å². The molecule has 0 bridgehead atoms. The maximum atomic E-state index is 12.6. The Bertz CT molecular complexity index is 665. The van der Waals surface area contributed by atoms with E-state index >= 15 is 0 Å². The SMILES string of the molecule is CCNC(=NCC(=O)N1CCc2ccccc2C1)NCCCOC1CCOC1.I.